The summed E-state index contributed by atoms with van der Waals surface area (Å²) < 4.78 is 8.79. The molecular formula is C5H2N6O6. The molecule has 0 fully saturated rings. The zero-order chi connectivity index (χ0) is 12.4. The van der Waals surface area contributed by atoms with Gasteiger partial charge in [-0.05, 0) is 0 Å². The Bertz CT molecular complexity index is 533. The molecule has 0 unspecified atom stereocenters. The highest BCUT2D eigenvalue weighted by molar-refractivity contribution is 5.39. The Kier molecular flexibility index (Phi) is 2.44. The number of aromatic nitrogens is 4. The summed E-state index contributed by atoms with van der Waals surface area (Å²) in [5.74, 6) is -1.09. The van der Waals surface area contributed by atoms with Crippen molar-refractivity contribution in [3.63, 3.8) is 0 Å². The monoisotopic (exact) mass is 242 g/mol. The molecule has 12 nitrogen and oxygen atoms in total. The fourth-order valence-corrected chi connectivity index (χ4v) is 0.957. The minimum absolute atomic E-state index is 0.0922. The van der Waals surface area contributed by atoms with Gasteiger partial charge in [0.15, 0.2) is 0 Å². The van der Waals surface area contributed by atoms with E-state index in [-0.39, 0.29) is 11.6 Å². The molecule has 0 N–H and O–H groups in total. The molecule has 2 aromatic heterocycles. The summed E-state index contributed by atoms with van der Waals surface area (Å²) in [5.41, 5.74) is 0. The minimum Gasteiger partial charge on any atom is -0.342 e. The van der Waals surface area contributed by atoms with Gasteiger partial charge in [-0.15, -0.1) is 0 Å². The molecule has 0 aliphatic heterocycles. The Labute approximate surface area is 90.5 Å². The Morgan fingerprint density at radius 2 is 1.88 bits per heavy atom. The van der Waals surface area contributed by atoms with Crippen LogP contribution in [0.2, 0.25) is 0 Å². The molecule has 0 aliphatic rings. The van der Waals surface area contributed by atoms with Crippen LogP contribution in [0.15, 0.2) is 15.4 Å². The lowest BCUT2D eigenvalue weighted by atomic mass is 10.5. The molecule has 0 radical (unpaired) electrons. The highest BCUT2D eigenvalue weighted by Gasteiger charge is 2.41. The number of nitrogens with zero attached hydrogens (tertiary/aromatic N) is 6. The van der Waals surface area contributed by atoms with Gasteiger partial charge in [0.1, 0.15) is 9.85 Å². The molecule has 0 spiro atoms. The van der Waals surface area contributed by atoms with Gasteiger partial charge in [0, 0.05) is 0 Å². The summed E-state index contributed by atoms with van der Waals surface area (Å²) in [6, 6.07) is 0. The van der Waals surface area contributed by atoms with E-state index in [1.54, 1.807) is 0 Å². The van der Waals surface area contributed by atoms with E-state index in [0.29, 0.717) is 0 Å². The van der Waals surface area contributed by atoms with Crippen LogP contribution < -0.4 is 0 Å². The molecule has 2 heterocycles. The van der Waals surface area contributed by atoms with Crippen molar-refractivity contribution >= 4 is 0 Å². The van der Waals surface area contributed by atoms with Crippen molar-refractivity contribution in [3.8, 4) is 11.6 Å². The molecule has 2 aromatic rings. The second-order valence-corrected chi connectivity index (χ2v) is 2.66. The molecule has 0 aliphatic carbocycles. The van der Waals surface area contributed by atoms with Crippen molar-refractivity contribution in [2.24, 2.45) is 0 Å². The van der Waals surface area contributed by atoms with Crippen LogP contribution in [0.5, 0.6) is 0 Å². The number of hydrogen-bond donors (Lipinski definition) is 0. The van der Waals surface area contributed by atoms with E-state index in [2.05, 4.69) is 29.3 Å². The smallest absolute Gasteiger partial charge is 0.342 e. The maximum Gasteiger partial charge on any atom is 0.527 e. The van der Waals surface area contributed by atoms with Crippen LogP contribution in [0.4, 0.5) is 0 Å². The fourth-order valence-electron chi connectivity index (χ4n) is 0.957. The van der Waals surface area contributed by atoms with Gasteiger partial charge >= 0.3 is 12.1 Å². The lowest BCUT2D eigenvalue weighted by Gasteiger charge is -1.94. The predicted molar refractivity (Wildman–Crippen MR) is 44.3 cm³/mol. The Morgan fingerprint density at radius 3 is 2.41 bits per heavy atom. The van der Waals surface area contributed by atoms with Gasteiger partial charge in [0.2, 0.25) is 18.0 Å². The first-order chi connectivity index (χ1) is 8.09. The maximum absolute atomic E-state index is 10.4. The van der Waals surface area contributed by atoms with Gasteiger partial charge in [-0.25, -0.2) is 0 Å². The maximum atomic E-state index is 10.4. The quantitative estimate of drug-likeness (QED) is 0.393. The summed E-state index contributed by atoms with van der Waals surface area (Å²) >= 11 is 0. The zero-order valence-electron chi connectivity index (χ0n) is 7.79. The Morgan fingerprint density at radius 1 is 1.18 bits per heavy atom. The van der Waals surface area contributed by atoms with Crippen molar-refractivity contribution in [1.82, 2.24) is 20.3 Å². The predicted octanol–water partition coefficient (Wildman–Crippen LogP) is -0.328. The molecule has 2 rings (SSSR count). The van der Waals surface area contributed by atoms with Crippen LogP contribution in [0.1, 0.15) is 12.1 Å². The number of nitro groups is 2. The third kappa shape index (κ3) is 1.90. The van der Waals surface area contributed by atoms with E-state index < -0.39 is 21.9 Å². The highest BCUT2D eigenvalue weighted by Crippen LogP contribution is 2.18. The molecule has 0 saturated carbocycles. The Hall–Kier alpha value is -2.92. The first kappa shape index (κ1) is 10.6. The standard InChI is InChI=1S/C5H2N6O6/c12-10(13)5(11(14)15)4-7-3(9-17-4)2-6-1-16-8-2/h1,5H. The van der Waals surface area contributed by atoms with Gasteiger partial charge in [-0.3, -0.25) is 20.2 Å². The van der Waals surface area contributed by atoms with E-state index in [1.807, 2.05) is 0 Å². The number of rotatable bonds is 4. The van der Waals surface area contributed by atoms with E-state index in [4.69, 9.17) is 0 Å². The van der Waals surface area contributed by atoms with Crippen molar-refractivity contribution < 1.29 is 18.9 Å². The van der Waals surface area contributed by atoms with Crippen LogP contribution in [0.3, 0.4) is 0 Å². The normalized spacial score (nSPS) is 10.6. The van der Waals surface area contributed by atoms with E-state index in [0.717, 1.165) is 6.39 Å². The first-order valence-electron chi connectivity index (χ1n) is 3.97. The molecule has 17 heavy (non-hydrogen) atoms. The van der Waals surface area contributed by atoms with Gasteiger partial charge in [-0.2, -0.15) is 9.97 Å². The summed E-state index contributed by atoms with van der Waals surface area (Å²) in [6.07, 6.45) is -1.34. The van der Waals surface area contributed by atoms with Crippen LogP contribution >= 0.6 is 0 Å². The SMILES string of the molecule is O=[N+]([O-])C(c1nc(-c2ncon2)no1)[N+](=O)[O-]. The molecule has 0 atom stereocenters. The van der Waals surface area contributed by atoms with Gasteiger partial charge in [0.25, 0.3) is 0 Å². The third-order valence-corrected chi connectivity index (χ3v) is 1.62. The first-order valence-corrected chi connectivity index (χ1v) is 3.97. The van der Waals surface area contributed by atoms with Crippen LogP contribution in [-0.4, -0.2) is 30.1 Å². The number of hydrogen-bond acceptors (Lipinski definition) is 10. The van der Waals surface area contributed by atoms with Crippen LogP contribution in [0.25, 0.3) is 11.6 Å². The summed E-state index contributed by atoms with van der Waals surface area (Å²) in [7, 11) is 0. The second-order valence-electron chi connectivity index (χ2n) is 2.66. The zero-order valence-corrected chi connectivity index (χ0v) is 7.79. The Balaban J connectivity index is 2.35. The summed E-state index contributed by atoms with van der Waals surface area (Å²) in [6.45, 7) is 0. The summed E-state index contributed by atoms with van der Waals surface area (Å²) in [5, 5.41) is 27.4. The van der Waals surface area contributed by atoms with Gasteiger partial charge in [0.05, 0.1) is 0 Å². The van der Waals surface area contributed by atoms with Crippen molar-refractivity contribution in [1.29, 1.82) is 0 Å². The van der Waals surface area contributed by atoms with Crippen molar-refractivity contribution in [3.05, 3.63) is 32.5 Å². The average molecular weight is 242 g/mol. The van der Waals surface area contributed by atoms with E-state index in [9.17, 15) is 20.2 Å². The van der Waals surface area contributed by atoms with Gasteiger partial charge < -0.3 is 9.05 Å². The van der Waals surface area contributed by atoms with Crippen LogP contribution in [0, 0.1) is 20.2 Å². The third-order valence-electron chi connectivity index (χ3n) is 1.62. The van der Waals surface area contributed by atoms with Gasteiger partial charge in [-0.1, -0.05) is 10.3 Å². The topological polar surface area (TPSA) is 164 Å². The molecular weight excluding hydrogens is 240 g/mol. The largest absolute Gasteiger partial charge is 0.527 e. The lowest BCUT2D eigenvalue weighted by molar-refractivity contribution is -0.756. The molecule has 12 heteroatoms. The average Bonchev–Trinajstić information content (AvgIpc) is 2.83. The minimum atomic E-state index is -2.32. The van der Waals surface area contributed by atoms with E-state index in [1.165, 1.54) is 0 Å². The van der Waals surface area contributed by atoms with Crippen LogP contribution in [-0.2, 0) is 0 Å². The molecule has 0 bridgehead atoms. The molecule has 88 valence electrons. The molecule has 0 amide bonds. The molecule has 0 aromatic carbocycles. The lowest BCUT2D eigenvalue weighted by Crippen LogP contribution is -2.19. The van der Waals surface area contributed by atoms with Crippen molar-refractivity contribution in [2.45, 2.75) is 6.17 Å². The van der Waals surface area contributed by atoms with Crippen molar-refractivity contribution in [2.75, 3.05) is 0 Å². The highest BCUT2D eigenvalue weighted by atomic mass is 16.7. The summed E-state index contributed by atoms with van der Waals surface area (Å²) in [4.78, 5) is 25.5. The van der Waals surface area contributed by atoms with E-state index >= 15 is 0 Å². The molecule has 0 saturated heterocycles. The second kappa shape index (κ2) is 3.92. The fraction of sp³-hybridized carbons (Fsp3) is 0.200.